The van der Waals surface area contributed by atoms with Crippen molar-refractivity contribution in [2.75, 3.05) is 0 Å². The van der Waals surface area contributed by atoms with Crippen LogP contribution in [0.1, 0.15) is 40.0 Å². The monoisotopic (exact) mass is 260 g/mol. The van der Waals surface area contributed by atoms with E-state index in [4.69, 9.17) is 4.74 Å². The molecule has 14 heavy (non-hydrogen) atoms. The molecule has 1 aliphatic carbocycles. The molecule has 3 atom stereocenters. The predicted octanol–water partition coefficient (Wildman–Crippen LogP) is 2.89. The first kappa shape index (κ1) is 10.5. The minimum Gasteiger partial charge on any atom is -0.459 e. The number of hydrogen-bond donors (Lipinski definition) is 0. The van der Waals surface area contributed by atoms with Crippen molar-refractivity contribution in [2.45, 2.75) is 50.5 Å². The normalized spacial score (nSPS) is 45.9. The molecule has 0 spiro atoms. The molecule has 80 valence electrons. The number of halogens is 1. The summed E-state index contributed by atoms with van der Waals surface area (Å²) in [5.74, 6) is 0.341. The summed E-state index contributed by atoms with van der Waals surface area (Å²) in [5.41, 5.74) is -0.0516. The average Bonchev–Trinajstić information content (AvgIpc) is 2.37. The molecule has 1 saturated carbocycles. The van der Waals surface area contributed by atoms with E-state index < -0.39 is 0 Å². The van der Waals surface area contributed by atoms with Gasteiger partial charge in [-0.2, -0.15) is 0 Å². The quantitative estimate of drug-likeness (QED) is 0.495. The topological polar surface area (TPSA) is 26.3 Å². The Morgan fingerprint density at radius 2 is 2.07 bits per heavy atom. The smallest absolute Gasteiger partial charge is 0.306 e. The molecule has 2 nitrogen and oxygen atoms in total. The molecule has 2 rings (SSSR count). The molecule has 0 radical (unpaired) electrons. The number of ether oxygens (including phenoxy) is 1. The van der Waals surface area contributed by atoms with E-state index in [1.807, 2.05) is 0 Å². The molecule has 1 saturated heterocycles. The molecule has 0 aromatic carbocycles. The third-order valence-corrected chi connectivity index (χ3v) is 5.69. The van der Waals surface area contributed by atoms with Crippen molar-refractivity contribution in [1.82, 2.24) is 0 Å². The van der Waals surface area contributed by atoms with Gasteiger partial charge in [-0.25, -0.2) is 0 Å². The van der Waals surface area contributed by atoms with Gasteiger partial charge in [-0.1, -0.05) is 29.8 Å². The summed E-state index contributed by atoms with van der Waals surface area (Å²) in [4.78, 5) is 11.9. The summed E-state index contributed by atoms with van der Waals surface area (Å²) in [6, 6.07) is 0. The van der Waals surface area contributed by atoms with Gasteiger partial charge in [0.05, 0.1) is 6.42 Å². The summed E-state index contributed by atoms with van der Waals surface area (Å²) >= 11 is 3.72. The lowest BCUT2D eigenvalue weighted by molar-refractivity contribution is -0.151. The minimum atomic E-state index is -0.204. The Morgan fingerprint density at radius 1 is 1.43 bits per heavy atom. The highest BCUT2D eigenvalue weighted by Crippen LogP contribution is 2.55. The molecule has 2 aliphatic rings. The van der Waals surface area contributed by atoms with E-state index in [-0.39, 0.29) is 17.0 Å². The van der Waals surface area contributed by atoms with E-state index in [0.29, 0.717) is 17.2 Å². The van der Waals surface area contributed by atoms with E-state index >= 15 is 0 Å². The predicted molar refractivity (Wildman–Crippen MR) is 58.3 cm³/mol. The maximum atomic E-state index is 11.4. The van der Waals surface area contributed by atoms with Crippen LogP contribution >= 0.6 is 15.9 Å². The van der Waals surface area contributed by atoms with Crippen LogP contribution in [0.5, 0.6) is 0 Å². The first-order valence-electron chi connectivity index (χ1n) is 5.22. The molecular weight excluding hydrogens is 244 g/mol. The minimum absolute atomic E-state index is 0.0211. The summed E-state index contributed by atoms with van der Waals surface area (Å²) in [6.45, 7) is 6.55. The third kappa shape index (κ3) is 1.32. The van der Waals surface area contributed by atoms with Crippen molar-refractivity contribution < 1.29 is 9.53 Å². The highest BCUT2D eigenvalue weighted by atomic mass is 79.9. The Hall–Kier alpha value is -0.0500. The Labute approximate surface area is 93.5 Å². The third-order valence-electron chi connectivity index (χ3n) is 4.05. The number of esters is 1. The van der Waals surface area contributed by atoms with Crippen molar-refractivity contribution in [3.63, 3.8) is 0 Å². The standard InChI is InChI=1S/C11H17BrO2/c1-10(2)7-6-9(13)14-11(7,3)5-4-8(10)12/h7-8H,4-6H2,1-3H3/t7-,8-,11-/m0/s1. The molecule has 0 unspecified atom stereocenters. The van der Waals surface area contributed by atoms with Crippen LogP contribution in [0.25, 0.3) is 0 Å². The molecule has 2 fully saturated rings. The van der Waals surface area contributed by atoms with E-state index in [0.717, 1.165) is 12.8 Å². The molecule has 0 aromatic heterocycles. The molecule has 0 aromatic rings. The lowest BCUT2D eigenvalue weighted by Crippen LogP contribution is -2.49. The number of carbonyl (C=O) groups is 1. The van der Waals surface area contributed by atoms with Crippen molar-refractivity contribution in [3.05, 3.63) is 0 Å². The van der Waals surface area contributed by atoms with Crippen LogP contribution in [0, 0.1) is 11.3 Å². The van der Waals surface area contributed by atoms with Gasteiger partial charge in [0.25, 0.3) is 0 Å². The SMILES string of the molecule is CC1(C)[C@@H](Br)CC[C@]2(C)OC(=O)C[C@@H]12. The maximum Gasteiger partial charge on any atom is 0.306 e. The van der Waals surface area contributed by atoms with Gasteiger partial charge in [0.1, 0.15) is 5.60 Å². The van der Waals surface area contributed by atoms with E-state index in [9.17, 15) is 4.79 Å². The fraction of sp³-hybridized carbons (Fsp3) is 0.909. The van der Waals surface area contributed by atoms with Gasteiger partial charge in [0.2, 0.25) is 0 Å². The van der Waals surface area contributed by atoms with Gasteiger partial charge in [0.15, 0.2) is 0 Å². The molecule has 0 amide bonds. The Morgan fingerprint density at radius 3 is 2.71 bits per heavy atom. The molecular formula is C11H17BrO2. The summed E-state index contributed by atoms with van der Waals surface area (Å²) in [5, 5.41) is 0. The fourth-order valence-electron chi connectivity index (χ4n) is 3.03. The zero-order chi connectivity index (χ0) is 10.6. The van der Waals surface area contributed by atoms with Crippen molar-refractivity contribution in [3.8, 4) is 0 Å². The fourth-order valence-corrected chi connectivity index (χ4v) is 3.58. The van der Waals surface area contributed by atoms with Crippen molar-refractivity contribution >= 4 is 21.9 Å². The summed E-state index contributed by atoms with van der Waals surface area (Å²) in [7, 11) is 0. The van der Waals surface area contributed by atoms with Crippen molar-refractivity contribution in [2.24, 2.45) is 11.3 Å². The highest BCUT2D eigenvalue weighted by Gasteiger charge is 2.57. The van der Waals surface area contributed by atoms with Crippen LogP contribution in [0.3, 0.4) is 0 Å². The van der Waals surface area contributed by atoms with Crippen molar-refractivity contribution in [1.29, 1.82) is 0 Å². The van der Waals surface area contributed by atoms with E-state index in [1.165, 1.54) is 0 Å². The number of hydrogen-bond acceptors (Lipinski definition) is 2. The van der Waals surface area contributed by atoms with E-state index in [1.54, 1.807) is 0 Å². The van der Waals surface area contributed by atoms with Crippen LogP contribution in [0.2, 0.25) is 0 Å². The van der Waals surface area contributed by atoms with Gasteiger partial charge in [0, 0.05) is 10.7 Å². The summed E-state index contributed by atoms with van der Waals surface area (Å²) in [6.07, 6.45) is 2.67. The molecule has 3 heteroatoms. The number of rotatable bonds is 0. The second-order valence-corrected chi connectivity index (χ2v) is 6.48. The maximum absolute atomic E-state index is 11.4. The van der Waals surface area contributed by atoms with Gasteiger partial charge in [-0.15, -0.1) is 0 Å². The van der Waals surface area contributed by atoms with Crippen LogP contribution in [-0.4, -0.2) is 16.4 Å². The van der Waals surface area contributed by atoms with Gasteiger partial charge in [-0.05, 0) is 25.2 Å². The first-order chi connectivity index (χ1) is 6.36. The zero-order valence-corrected chi connectivity index (χ0v) is 10.6. The van der Waals surface area contributed by atoms with Crippen LogP contribution in [0.4, 0.5) is 0 Å². The summed E-state index contributed by atoms with van der Waals surface area (Å²) < 4.78 is 5.48. The van der Waals surface area contributed by atoms with Gasteiger partial charge < -0.3 is 4.74 Å². The lowest BCUT2D eigenvalue weighted by Gasteiger charge is -2.47. The van der Waals surface area contributed by atoms with Gasteiger partial charge >= 0.3 is 5.97 Å². The zero-order valence-electron chi connectivity index (χ0n) is 8.97. The van der Waals surface area contributed by atoms with Gasteiger partial charge in [-0.3, -0.25) is 4.79 Å². The van der Waals surface area contributed by atoms with Crippen LogP contribution in [0.15, 0.2) is 0 Å². The average molecular weight is 261 g/mol. The van der Waals surface area contributed by atoms with E-state index in [2.05, 4.69) is 36.7 Å². The van der Waals surface area contributed by atoms with Crippen LogP contribution in [-0.2, 0) is 9.53 Å². The number of fused-ring (bicyclic) bond motifs is 1. The largest absolute Gasteiger partial charge is 0.459 e. The molecule has 1 heterocycles. The second kappa shape index (κ2) is 2.97. The molecule has 1 aliphatic heterocycles. The Bertz CT molecular complexity index is 274. The molecule has 0 bridgehead atoms. The highest BCUT2D eigenvalue weighted by molar-refractivity contribution is 9.09. The first-order valence-corrected chi connectivity index (χ1v) is 6.14. The lowest BCUT2D eigenvalue weighted by atomic mass is 9.62. The number of alkyl halides is 1. The number of carbonyl (C=O) groups excluding carboxylic acids is 1. The Kier molecular flexibility index (Phi) is 2.22. The van der Waals surface area contributed by atoms with Crippen LogP contribution < -0.4 is 0 Å². The second-order valence-electron chi connectivity index (χ2n) is 5.37. The molecule has 0 N–H and O–H groups in total. The Balaban J connectivity index is 2.33.